The molecular weight excluding hydrogens is 745 g/mol. The maximum absolute atomic E-state index is 14.4. The molecule has 0 fully saturated rings. The average molecular weight is 815 g/mol. The van der Waals surface area contributed by atoms with Gasteiger partial charge in [0.05, 0.1) is 11.7 Å². The van der Waals surface area contributed by atoms with Crippen molar-refractivity contribution in [3.63, 3.8) is 0 Å². The van der Waals surface area contributed by atoms with E-state index in [0.29, 0.717) is 23.6 Å². The Labute approximate surface area is 337 Å². The lowest BCUT2D eigenvalue weighted by Gasteiger charge is -2.38. The fraction of sp³-hybridized carbons (Fsp3) is 0.763. The van der Waals surface area contributed by atoms with E-state index in [0.717, 1.165) is 11.9 Å². The Morgan fingerprint density at radius 1 is 0.875 bits per heavy atom. The van der Waals surface area contributed by atoms with Crippen molar-refractivity contribution < 1.29 is 43.8 Å². The molecule has 0 unspecified atom stereocenters. The number of carbonyl (C=O) groups excluding carboxylic acids is 7. The summed E-state index contributed by atoms with van der Waals surface area (Å²) in [5, 5.41) is 30.2. The van der Waals surface area contributed by atoms with Crippen LogP contribution in [0.25, 0.3) is 0 Å². The van der Waals surface area contributed by atoms with Crippen LogP contribution in [0.1, 0.15) is 88.0 Å². The van der Waals surface area contributed by atoms with Crippen molar-refractivity contribution in [3.8, 4) is 0 Å². The normalized spacial score (nSPS) is 15.0. The van der Waals surface area contributed by atoms with Crippen LogP contribution < -0.4 is 21.7 Å². The summed E-state index contributed by atoms with van der Waals surface area (Å²) in [5.74, 6) is -3.21. The number of imide groups is 2. The first-order valence-corrected chi connectivity index (χ1v) is 20.3. The Morgan fingerprint density at radius 2 is 1.45 bits per heavy atom. The number of carbonyl (C=O) groups is 7. The molecule has 56 heavy (non-hydrogen) atoms. The summed E-state index contributed by atoms with van der Waals surface area (Å²) in [5.41, 5.74) is 3.66. The molecule has 0 aliphatic carbocycles. The van der Waals surface area contributed by atoms with E-state index < -0.39 is 77.5 Å². The molecule has 0 saturated carbocycles. The first-order valence-electron chi connectivity index (χ1n) is 19.1. The summed E-state index contributed by atoms with van der Waals surface area (Å²) >= 11 is 1.37. The van der Waals surface area contributed by atoms with E-state index >= 15 is 0 Å². The number of nitrogens with two attached hydrogens (primary N) is 1. The standard InChI is InChI=1S/C38H70N8O9S/c1-14-16-17-25(7)31(48)30(45(12)29(47)20-23(3)4)33(50)41-26(15-2)34(51)44(11)28(22-56-19-18-40-24(5)6)35(52)43(10)27(21-38(8,9)55)32(49)42-37(54)46(13)36(39)53/h14,16,23-28,30-31,40,48,55H,15,17-22H2,1-13H3,(H2,39,53)(H,41,50)(H,42,49,54)/b16-14+/t25-,26+,27+,28-,30+,31-/m1/s1. The quantitative estimate of drug-likeness (QED) is 0.0639. The largest absolute Gasteiger partial charge is 0.390 e. The number of nitrogens with zero attached hydrogens (tertiary/aromatic N) is 4. The molecule has 0 aliphatic heterocycles. The van der Waals surface area contributed by atoms with Crippen molar-refractivity contribution in [2.45, 2.75) is 130 Å². The third kappa shape index (κ3) is 17.6. The summed E-state index contributed by atoms with van der Waals surface area (Å²) in [4.78, 5) is 97.2. The number of thioether (sulfide) groups is 1. The van der Waals surface area contributed by atoms with Gasteiger partial charge in [-0.05, 0) is 45.4 Å². The molecule has 9 amide bonds. The number of urea groups is 2. The van der Waals surface area contributed by atoms with Gasteiger partial charge in [-0.3, -0.25) is 29.3 Å². The molecule has 0 aromatic rings. The van der Waals surface area contributed by atoms with E-state index in [4.69, 9.17) is 5.73 Å². The van der Waals surface area contributed by atoms with Crippen LogP contribution >= 0.6 is 11.8 Å². The van der Waals surface area contributed by atoms with E-state index in [9.17, 15) is 43.8 Å². The highest BCUT2D eigenvalue weighted by molar-refractivity contribution is 7.99. The van der Waals surface area contributed by atoms with E-state index in [1.165, 1.54) is 56.6 Å². The van der Waals surface area contributed by atoms with Crippen molar-refractivity contribution in [2.75, 3.05) is 46.2 Å². The van der Waals surface area contributed by atoms with Crippen LogP contribution in [0.3, 0.4) is 0 Å². The van der Waals surface area contributed by atoms with Gasteiger partial charge in [0.2, 0.25) is 23.6 Å². The Bertz CT molecular complexity index is 1360. The van der Waals surface area contributed by atoms with Gasteiger partial charge in [-0.15, -0.1) is 0 Å². The molecule has 0 rings (SSSR count). The van der Waals surface area contributed by atoms with Gasteiger partial charge in [0.1, 0.15) is 24.2 Å². The zero-order valence-electron chi connectivity index (χ0n) is 35.7. The predicted octanol–water partition coefficient (Wildman–Crippen LogP) is 1.51. The lowest BCUT2D eigenvalue weighted by molar-refractivity contribution is -0.150. The molecule has 0 aliphatic rings. The van der Waals surface area contributed by atoms with E-state index in [1.54, 1.807) is 13.8 Å². The van der Waals surface area contributed by atoms with Gasteiger partial charge in [0.15, 0.2) is 0 Å². The molecule has 18 heteroatoms. The number of hydrogen-bond donors (Lipinski definition) is 6. The van der Waals surface area contributed by atoms with Crippen molar-refractivity contribution in [3.05, 3.63) is 12.2 Å². The van der Waals surface area contributed by atoms with Gasteiger partial charge in [0.25, 0.3) is 5.91 Å². The number of nitrogens with one attached hydrogen (secondary N) is 3. The SMILES string of the molecule is C/C=C/C[C@@H](C)[C@@H](O)[C@@H](C(=O)N[C@@H](CC)C(=O)N(C)[C@H](CSCCNC(C)C)C(=O)N(C)[C@@H](CC(C)(C)O)C(=O)NC(=O)N(C)C(N)=O)N(C)C(=O)CC(C)C. The van der Waals surface area contributed by atoms with Crippen LogP contribution in [0.4, 0.5) is 9.59 Å². The molecule has 0 aromatic heterocycles. The molecule has 0 heterocycles. The van der Waals surface area contributed by atoms with Gasteiger partial charge < -0.3 is 41.3 Å². The molecule has 0 bridgehead atoms. The van der Waals surface area contributed by atoms with Gasteiger partial charge in [-0.1, -0.05) is 53.7 Å². The van der Waals surface area contributed by atoms with Crippen molar-refractivity contribution in [2.24, 2.45) is 17.6 Å². The highest BCUT2D eigenvalue weighted by Gasteiger charge is 2.41. The number of hydrogen-bond acceptors (Lipinski definition) is 11. The fourth-order valence-electron chi connectivity index (χ4n) is 5.61. The maximum atomic E-state index is 14.4. The monoisotopic (exact) mass is 814 g/mol. The summed E-state index contributed by atoms with van der Waals surface area (Å²) in [7, 11) is 5.22. The number of likely N-dealkylation sites (N-methyl/N-ethyl adjacent to an activating group) is 3. The van der Waals surface area contributed by atoms with Crippen molar-refractivity contribution in [1.82, 2.24) is 35.6 Å². The van der Waals surface area contributed by atoms with Gasteiger partial charge in [-0.25, -0.2) is 14.5 Å². The molecule has 322 valence electrons. The Kier molecular flexibility index (Phi) is 23.1. The zero-order chi connectivity index (χ0) is 43.7. The predicted molar refractivity (Wildman–Crippen MR) is 218 cm³/mol. The first-order chi connectivity index (χ1) is 25.8. The summed E-state index contributed by atoms with van der Waals surface area (Å²) in [6.07, 6.45) is 2.75. The van der Waals surface area contributed by atoms with E-state index in [1.807, 2.05) is 52.1 Å². The number of allylic oxidation sites excluding steroid dienone is 2. The van der Waals surface area contributed by atoms with Crippen LogP contribution in [-0.2, 0) is 24.0 Å². The van der Waals surface area contributed by atoms with Crippen LogP contribution in [0.2, 0.25) is 0 Å². The Morgan fingerprint density at radius 3 is 1.93 bits per heavy atom. The van der Waals surface area contributed by atoms with E-state index in [2.05, 4.69) is 10.6 Å². The number of amides is 9. The third-order valence-electron chi connectivity index (χ3n) is 9.19. The number of aliphatic hydroxyl groups is 2. The molecule has 0 saturated heterocycles. The highest BCUT2D eigenvalue weighted by atomic mass is 32.2. The first kappa shape index (κ1) is 52.3. The van der Waals surface area contributed by atoms with Crippen LogP contribution in [0.5, 0.6) is 0 Å². The molecule has 6 atom stereocenters. The summed E-state index contributed by atoms with van der Waals surface area (Å²) in [6, 6.07) is -7.18. The van der Waals surface area contributed by atoms with E-state index in [-0.39, 0.29) is 42.9 Å². The minimum Gasteiger partial charge on any atom is -0.390 e. The molecule has 7 N–H and O–H groups in total. The van der Waals surface area contributed by atoms with Gasteiger partial charge in [-0.2, -0.15) is 11.8 Å². The molecule has 0 aromatic carbocycles. The average Bonchev–Trinajstić information content (AvgIpc) is 3.10. The van der Waals surface area contributed by atoms with Gasteiger partial charge >= 0.3 is 12.1 Å². The van der Waals surface area contributed by atoms with Crippen molar-refractivity contribution in [1.29, 1.82) is 0 Å². The van der Waals surface area contributed by atoms with Crippen LogP contribution in [0, 0.1) is 11.8 Å². The molecular formula is C38H70N8O9S. The summed E-state index contributed by atoms with van der Waals surface area (Å²) < 4.78 is 0. The smallest absolute Gasteiger partial charge is 0.331 e. The lowest BCUT2D eigenvalue weighted by Crippen LogP contribution is -2.61. The minimum absolute atomic E-state index is 0.0115. The number of primary amides is 1. The van der Waals surface area contributed by atoms with Gasteiger partial charge in [0, 0.05) is 65.1 Å². The van der Waals surface area contributed by atoms with Crippen LogP contribution in [-0.4, -0.2) is 160 Å². The highest BCUT2D eigenvalue weighted by Crippen LogP contribution is 2.21. The third-order valence-corrected chi connectivity index (χ3v) is 10.2. The fourth-order valence-corrected chi connectivity index (χ4v) is 6.63. The lowest BCUT2D eigenvalue weighted by atomic mass is 9.92. The zero-order valence-corrected chi connectivity index (χ0v) is 36.6. The molecule has 17 nitrogen and oxygen atoms in total. The number of aliphatic hydroxyl groups excluding tert-OH is 1. The second-order valence-corrected chi connectivity index (χ2v) is 16.8. The molecule has 0 spiro atoms. The second-order valence-electron chi connectivity index (χ2n) is 15.6. The number of rotatable bonds is 23. The Hall–Kier alpha value is -3.74. The Balaban J connectivity index is 6.78. The van der Waals surface area contributed by atoms with Crippen LogP contribution in [0.15, 0.2) is 12.2 Å². The topological polar surface area (TPSA) is 235 Å². The summed E-state index contributed by atoms with van der Waals surface area (Å²) in [6.45, 7) is 16.4. The maximum Gasteiger partial charge on any atom is 0.331 e. The second kappa shape index (κ2) is 24.8. The minimum atomic E-state index is -1.50. The van der Waals surface area contributed by atoms with Crippen molar-refractivity contribution >= 4 is 53.4 Å². The molecule has 0 radical (unpaired) electrons.